The molecule has 1 aromatic carbocycles. The monoisotopic (exact) mass is 223 g/mol. The smallest absolute Gasteiger partial charge is 0.0897 e. The standard InChI is InChI=1S/C13H21NO2/c1-2-8-14(10-13(16)11-15)9-12-6-4-3-5-7-12/h3-7,13,15-16H,2,8-11H2,1H3. The molecule has 0 bridgehead atoms. The number of nitrogens with zero attached hydrogens (tertiary/aromatic N) is 1. The molecule has 0 aliphatic carbocycles. The minimum Gasteiger partial charge on any atom is -0.394 e. The number of hydrogen-bond donors (Lipinski definition) is 2. The molecule has 0 amide bonds. The van der Waals surface area contributed by atoms with Gasteiger partial charge in [0.25, 0.3) is 0 Å². The van der Waals surface area contributed by atoms with Crippen molar-refractivity contribution in [2.75, 3.05) is 19.7 Å². The van der Waals surface area contributed by atoms with Crippen molar-refractivity contribution in [3.63, 3.8) is 0 Å². The van der Waals surface area contributed by atoms with E-state index in [4.69, 9.17) is 5.11 Å². The van der Waals surface area contributed by atoms with Gasteiger partial charge in [0.05, 0.1) is 12.7 Å². The van der Waals surface area contributed by atoms with Crippen LogP contribution in [0.15, 0.2) is 30.3 Å². The quantitative estimate of drug-likeness (QED) is 0.731. The summed E-state index contributed by atoms with van der Waals surface area (Å²) in [5, 5.41) is 18.3. The van der Waals surface area contributed by atoms with Crippen LogP contribution >= 0.6 is 0 Å². The molecule has 0 saturated heterocycles. The van der Waals surface area contributed by atoms with Gasteiger partial charge in [-0.05, 0) is 18.5 Å². The summed E-state index contributed by atoms with van der Waals surface area (Å²) in [5.74, 6) is 0. The molecule has 1 aromatic rings. The summed E-state index contributed by atoms with van der Waals surface area (Å²) in [7, 11) is 0. The van der Waals surface area contributed by atoms with Gasteiger partial charge in [-0.1, -0.05) is 37.3 Å². The molecule has 0 heterocycles. The average molecular weight is 223 g/mol. The first-order valence-corrected chi connectivity index (χ1v) is 5.81. The Morgan fingerprint density at radius 1 is 1.25 bits per heavy atom. The number of benzene rings is 1. The fraction of sp³-hybridized carbons (Fsp3) is 0.538. The lowest BCUT2D eigenvalue weighted by atomic mass is 10.2. The van der Waals surface area contributed by atoms with Crippen LogP contribution in [0.3, 0.4) is 0 Å². The van der Waals surface area contributed by atoms with Crippen molar-refractivity contribution in [1.29, 1.82) is 0 Å². The molecule has 0 spiro atoms. The number of aliphatic hydroxyl groups is 2. The fourth-order valence-corrected chi connectivity index (χ4v) is 1.75. The van der Waals surface area contributed by atoms with Crippen molar-refractivity contribution < 1.29 is 10.2 Å². The molecule has 0 saturated carbocycles. The third-order valence-corrected chi connectivity index (χ3v) is 2.47. The first-order chi connectivity index (χ1) is 7.76. The Kier molecular flexibility index (Phi) is 6.08. The summed E-state index contributed by atoms with van der Waals surface area (Å²) in [6, 6.07) is 10.2. The van der Waals surface area contributed by atoms with Crippen LogP contribution in [-0.4, -0.2) is 40.9 Å². The topological polar surface area (TPSA) is 43.7 Å². The van der Waals surface area contributed by atoms with Crippen LogP contribution in [0.5, 0.6) is 0 Å². The van der Waals surface area contributed by atoms with E-state index in [0.29, 0.717) is 6.54 Å². The predicted octanol–water partition coefficient (Wildman–Crippen LogP) is 1.25. The molecule has 3 nitrogen and oxygen atoms in total. The van der Waals surface area contributed by atoms with Crippen LogP contribution < -0.4 is 0 Å². The maximum absolute atomic E-state index is 9.44. The van der Waals surface area contributed by atoms with Crippen LogP contribution in [0, 0.1) is 0 Å². The maximum atomic E-state index is 9.44. The summed E-state index contributed by atoms with van der Waals surface area (Å²) in [4.78, 5) is 2.16. The second-order valence-electron chi connectivity index (χ2n) is 4.06. The number of rotatable bonds is 7. The highest BCUT2D eigenvalue weighted by Crippen LogP contribution is 2.05. The van der Waals surface area contributed by atoms with Gasteiger partial charge in [-0.2, -0.15) is 0 Å². The van der Waals surface area contributed by atoms with Crippen LogP contribution in [0.2, 0.25) is 0 Å². The van der Waals surface area contributed by atoms with Gasteiger partial charge in [0.2, 0.25) is 0 Å². The summed E-state index contributed by atoms with van der Waals surface area (Å²) in [6.07, 6.45) is 0.403. The SMILES string of the molecule is CCCN(Cc1ccccc1)CC(O)CO. The Morgan fingerprint density at radius 2 is 1.94 bits per heavy atom. The van der Waals surface area contributed by atoms with Gasteiger partial charge >= 0.3 is 0 Å². The largest absolute Gasteiger partial charge is 0.394 e. The van der Waals surface area contributed by atoms with E-state index in [1.54, 1.807) is 0 Å². The zero-order valence-electron chi connectivity index (χ0n) is 9.84. The molecule has 1 unspecified atom stereocenters. The van der Waals surface area contributed by atoms with Crippen LogP contribution in [-0.2, 0) is 6.54 Å². The van der Waals surface area contributed by atoms with Gasteiger partial charge in [-0.3, -0.25) is 4.90 Å². The molecule has 2 N–H and O–H groups in total. The number of hydrogen-bond acceptors (Lipinski definition) is 3. The van der Waals surface area contributed by atoms with Crippen molar-refractivity contribution >= 4 is 0 Å². The van der Waals surface area contributed by atoms with Gasteiger partial charge in [0, 0.05) is 13.1 Å². The van der Waals surface area contributed by atoms with E-state index in [1.165, 1.54) is 5.56 Å². The van der Waals surface area contributed by atoms with Crippen molar-refractivity contribution in [2.24, 2.45) is 0 Å². The molecular weight excluding hydrogens is 202 g/mol. The predicted molar refractivity (Wildman–Crippen MR) is 65.1 cm³/mol. The molecular formula is C13H21NO2. The molecule has 3 heteroatoms. The van der Waals surface area contributed by atoms with E-state index in [0.717, 1.165) is 19.5 Å². The van der Waals surface area contributed by atoms with E-state index in [-0.39, 0.29) is 6.61 Å². The van der Waals surface area contributed by atoms with Crippen molar-refractivity contribution in [1.82, 2.24) is 4.90 Å². The Labute approximate surface area is 97.3 Å². The lowest BCUT2D eigenvalue weighted by Crippen LogP contribution is -2.34. The highest BCUT2D eigenvalue weighted by Gasteiger charge is 2.10. The summed E-state index contributed by atoms with van der Waals surface area (Å²) < 4.78 is 0. The van der Waals surface area contributed by atoms with Crippen molar-refractivity contribution in [2.45, 2.75) is 26.0 Å². The second kappa shape index (κ2) is 7.39. The molecule has 0 aromatic heterocycles. The second-order valence-corrected chi connectivity index (χ2v) is 4.06. The molecule has 0 aliphatic heterocycles. The van der Waals surface area contributed by atoms with Crippen molar-refractivity contribution in [3.05, 3.63) is 35.9 Å². The van der Waals surface area contributed by atoms with Gasteiger partial charge in [-0.15, -0.1) is 0 Å². The Hall–Kier alpha value is -0.900. The van der Waals surface area contributed by atoms with Crippen LogP contribution in [0.25, 0.3) is 0 Å². The Balaban J connectivity index is 2.50. The number of aliphatic hydroxyl groups excluding tert-OH is 2. The third-order valence-electron chi connectivity index (χ3n) is 2.47. The summed E-state index contributed by atoms with van der Waals surface area (Å²) in [6.45, 7) is 4.23. The van der Waals surface area contributed by atoms with Gasteiger partial charge < -0.3 is 10.2 Å². The third kappa shape index (κ3) is 4.75. The zero-order valence-corrected chi connectivity index (χ0v) is 9.84. The molecule has 0 radical (unpaired) electrons. The summed E-state index contributed by atoms with van der Waals surface area (Å²) in [5.41, 5.74) is 1.24. The average Bonchev–Trinajstić information content (AvgIpc) is 2.30. The van der Waals surface area contributed by atoms with Gasteiger partial charge in [0.15, 0.2) is 0 Å². The lowest BCUT2D eigenvalue weighted by Gasteiger charge is -2.23. The lowest BCUT2D eigenvalue weighted by molar-refractivity contribution is 0.0567. The molecule has 0 aliphatic rings. The van der Waals surface area contributed by atoms with E-state index in [9.17, 15) is 5.11 Å². The molecule has 0 fully saturated rings. The highest BCUT2D eigenvalue weighted by atomic mass is 16.3. The molecule has 90 valence electrons. The minimum absolute atomic E-state index is 0.172. The normalized spacial score (nSPS) is 13.0. The molecule has 16 heavy (non-hydrogen) atoms. The minimum atomic E-state index is -0.643. The van der Waals surface area contributed by atoms with Gasteiger partial charge in [-0.25, -0.2) is 0 Å². The first kappa shape index (κ1) is 13.2. The van der Waals surface area contributed by atoms with Crippen LogP contribution in [0.4, 0.5) is 0 Å². The molecule has 1 atom stereocenters. The van der Waals surface area contributed by atoms with E-state index in [2.05, 4.69) is 24.0 Å². The van der Waals surface area contributed by atoms with E-state index in [1.807, 2.05) is 18.2 Å². The van der Waals surface area contributed by atoms with Crippen molar-refractivity contribution in [3.8, 4) is 0 Å². The Morgan fingerprint density at radius 3 is 2.50 bits per heavy atom. The van der Waals surface area contributed by atoms with E-state index < -0.39 is 6.10 Å². The fourth-order valence-electron chi connectivity index (χ4n) is 1.75. The van der Waals surface area contributed by atoms with Gasteiger partial charge in [0.1, 0.15) is 0 Å². The Bertz CT molecular complexity index is 277. The van der Waals surface area contributed by atoms with Crippen LogP contribution in [0.1, 0.15) is 18.9 Å². The van der Waals surface area contributed by atoms with E-state index >= 15 is 0 Å². The summed E-state index contributed by atoms with van der Waals surface area (Å²) >= 11 is 0. The zero-order chi connectivity index (χ0) is 11.8. The maximum Gasteiger partial charge on any atom is 0.0897 e. The highest BCUT2D eigenvalue weighted by molar-refractivity contribution is 5.14. The molecule has 1 rings (SSSR count). The first-order valence-electron chi connectivity index (χ1n) is 5.81.